The Bertz CT molecular complexity index is 570. The van der Waals surface area contributed by atoms with Gasteiger partial charge in [-0.25, -0.2) is 14.8 Å². The van der Waals surface area contributed by atoms with Crippen LogP contribution in [0.2, 0.25) is 5.15 Å². The van der Waals surface area contributed by atoms with Gasteiger partial charge in [-0.05, 0) is 12.1 Å². The molecule has 0 saturated heterocycles. The minimum atomic E-state index is -0.548. The van der Waals surface area contributed by atoms with Crippen LogP contribution in [-0.4, -0.2) is 23.0 Å². The van der Waals surface area contributed by atoms with E-state index in [-0.39, 0.29) is 10.8 Å². The second kappa shape index (κ2) is 4.68. The number of hydrogen-bond donors (Lipinski definition) is 1. The second-order valence-corrected chi connectivity index (χ2v) is 4.45. The summed E-state index contributed by atoms with van der Waals surface area (Å²) >= 11 is 7.13. The molecule has 0 unspecified atom stereocenters. The summed E-state index contributed by atoms with van der Waals surface area (Å²) in [5.74, 6) is -0.548. The summed E-state index contributed by atoms with van der Waals surface area (Å²) < 4.78 is 4.64. The minimum Gasteiger partial charge on any atom is -0.464 e. The molecular weight excluding hydrogens is 262 g/mol. The maximum atomic E-state index is 11.5. The molecule has 0 saturated carbocycles. The van der Waals surface area contributed by atoms with Crippen molar-refractivity contribution in [3.63, 3.8) is 0 Å². The molecule has 0 radical (unpaired) electrons. The monoisotopic (exact) mass is 269 g/mol. The fourth-order valence-electron chi connectivity index (χ4n) is 1.31. The number of nitrogens with two attached hydrogens (primary N) is 1. The zero-order valence-electron chi connectivity index (χ0n) is 8.81. The van der Waals surface area contributed by atoms with E-state index < -0.39 is 5.97 Å². The summed E-state index contributed by atoms with van der Waals surface area (Å²) in [6, 6.07) is 3.47. The van der Waals surface area contributed by atoms with E-state index in [4.69, 9.17) is 17.3 Å². The van der Waals surface area contributed by atoms with Crippen molar-refractivity contribution in [1.29, 1.82) is 0 Å². The molecule has 5 nitrogen and oxygen atoms in total. The molecule has 0 atom stereocenters. The molecule has 2 aromatic rings. The van der Waals surface area contributed by atoms with Crippen molar-refractivity contribution in [3.8, 4) is 10.4 Å². The van der Waals surface area contributed by atoms with E-state index in [1.54, 1.807) is 18.3 Å². The lowest BCUT2D eigenvalue weighted by Gasteiger charge is -2.01. The smallest absolute Gasteiger partial charge is 0.358 e. The summed E-state index contributed by atoms with van der Waals surface area (Å²) in [4.78, 5) is 20.0. The van der Waals surface area contributed by atoms with E-state index in [0.29, 0.717) is 15.6 Å². The molecule has 7 heteroatoms. The van der Waals surface area contributed by atoms with Crippen molar-refractivity contribution in [3.05, 3.63) is 29.2 Å². The number of ether oxygens (including phenoxy) is 1. The van der Waals surface area contributed by atoms with E-state index >= 15 is 0 Å². The topological polar surface area (TPSA) is 78.1 Å². The highest BCUT2D eigenvalue weighted by Gasteiger charge is 2.21. The van der Waals surface area contributed by atoms with Crippen LogP contribution in [0.1, 0.15) is 10.5 Å². The first kappa shape index (κ1) is 11.8. The first-order valence-corrected chi connectivity index (χ1v) is 5.78. The lowest BCUT2D eigenvalue weighted by atomic mass is 10.2. The normalized spacial score (nSPS) is 10.2. The molecule has 2 rings (SSSR count). The third kappa shape index (κ3) is 2.22. The third-order valence-corrected chi connectivity index (χ3v) is 3.25. The maximum Gasteiger partial charge on any atom is 0.358 e. The summed E-state index contributed by atoms with van der Waals surface area (Å²) in [6.45, 7) is 0. The van der Waals surface area contributed by atoms with Gasteiger partial charge in [0, 0.05) is 11.8 Å². The molecule has 0 bridgehead atoms. The number of nitrogen functional groups attached to an aromatic ring is 1. The largest absolute Gasteiger partial charge is 0.464 e. The molecule has 0 aromatic carbocycles. The molecule has 88 valence electrons. The van der Waals surface area contributed by atoms with Gasteiger partial charge in [0.05, 0.1) is 12.0 Å². The highest BCUT2D eigenvalue weighted by molar-refractivity contribution is 7.19. The SMILES string of the molecule is COC(=O)c1nc(N)sc1-c1cccnc1Cl. The molecule has 0 fully saturated rings. The number of carbonyl (C=O) groups is 1. The van der Waals surface area contributed by atoms with Gasteiger partial charge in [0.2, 0.25) is 0 Å². The molecule has 0 spiro atoms. The van der Waals surface area contributed by atoms with Crippen LogP contribution >= 0.6 is 22.9 Å². The fourth-order valence-corrected chi connectivity index (χ4v) is 2.43. The highest BCUT2D eigenvalue weighted by Crippen LogP contribution is 2.35. The van der Waals surface area contributed by atoms with Gasteiger partial charge in [0.1, 0.15) is 5.15 Å². The molecule has 2 heterocycles. The van der Waals surface area contributed by atoms with Gasteiger partial charge in [0.15, 0.2) is 10.8 Å². The Labute approximate surface area is 106 Å². The van der Waals surface area contributed by atoms with Gasteiger partial charge < -0.3 is 10.5 Å². The Morgan fingerprint density at radius 2 is 2.35 bits per heavy atom. The summed E-state index contributed by atoms with van der Waals surface area (Å²) in [7, 11) is 1.28. The molecule has 0 aliphatic heterocycles. The third-order valence-electron chi connectivity index (χ3n) is 2.03. The summed E-state index contributed by atoms with van der Waals surface area (Å²) in [5, 5.41) is 0.571. The lowest BCUT2D eigenvalue weighted by molar-refractivity contribution is 0.0596. The van der Waals surface area contributed by atoms with Gasteiger partial charge in [-0.2, -0.15) is 0 Å². The van der Waals surface area contributed by atoms with Crippen molar-refractivity contribution < 1.29 is 9.53 Å². The summed E-state index contributed by atoms with van der Waals surface area (Å²) in [5.41, 5.74) is 6.37. The Morgan fingerprint density at radius 3 is 3.00 bits per heavy atom. The minimum absolute atomic E-state index is 0.157. The lowest BCUT2D eigenvalue weighted by Crippen LogP contribution is -2.03. The molecule has 0 amide bonds. The van der Waals surface area contributed by atoms with Crippen LogP contribution in [0.4, 0.5) is 5.13 Å². The number of esters is 1. The number of carbonyl (C=O) groups excluding carboxylic acids is 1. The van der Waals surface area contributed by atoms with E-state index in [1.807, 2.05) is 0 Å². The van der Waals surface area contributed by atoms with Crippen LogP contribution in [0, 0.1) is 0 Å². The number of anilines is 1. The van der Waals surface area contributed by atoms with E-state index in [0.717, 1.165) is 0 Å². The van der Waals surface area contributed by atoms with Crippen molar-refractivity contribution in [2.45, 2.75) is 0 Å². The highest BCUT2D eigenvalue weighted by atomic mass is 35.5. The zero-order valence-corrected chi connectivity index (χ0v) is 10.4. The standard InChI is InChI=1S/C10H8ClN3O2S/c1-16-9(15)6-7(17-10(12)14-6)5-3-2-4-13-8(5)11/h2-4H,1H3,(H2,12,14). The van der Waals surface area contributed by atoms with Crippen molar-refractivity contribution in [1.82, 2.24) is 9.97 Å². The molecular formula is C10H8ClN3O2S. The van der Waals surface area contributed by atoms with Crippen molar-refractivity contribution >= 4 is 34.0 Å². The summed E-state index contributed by atoms with van der Waals surface area (Å²) in [6.07, 6.45) is 1.56. The van der Waals surface area contributed by atoms with E-state index in [1.165, 1.54) is 18.4 Å². The van der Waals surface area contributed by atoms with Crippen molar-refractivity contribution in [2.24, 2.45) is 0 Å². The first-order chi connectivity index (χ1) is 8.13. The molecule has 0 aliphatic rings. The van der Waals surface area contributed by atoms with Gasteiger partial charge in [-0.15, -0.1) is 0 Å². The van der Waals surface area contributed by atoms with Crippen LogP contribution in [-0.2, 0) is 4.74 Å². The molecule has 0 aliphatic carbocycles. The fraction of sp³-hybridized carbons (Fsp3) is 0.100. The first-order valence-electron chi connectivity index (χ1n) is 4.59. The van der Waals surface area contributed by atoms with Gasteiger partial charge in [0.25, 0.3) is 0 Å². The van der Waals surface area contributed by atoms with Gasteiger partial charge >= 0.3 is 5.97 Å². The van der Waals surface area contributed by atoms with Gasteiger partial charge in [-0.1, -0.05) is 22.9 Å². The van der Waals surface area contributed by atoms with E-state index in [2.05, 4.69) is 14.7 Å². The van der Waals surface area contributed by atoms with Gasteiger partial charge in [-0.3, -0.25) is 0 Å². The Hall–Kier alpha value is -1.66. The average Bonchev–Trinajstić information content (AvgIpc) is 2.71. The number of nitrogens with zero attached hydrogens (tertiary/aromatic N) is 2. The second-order valence-electron chi connectivity index (χ2n) is 3.06. The van der Waals surface area contributed by atoms with Crippen LogP contribution in [0.25, 0.3) is 10.4 Å². The number of rotatable bonds is 2. The molecule has 2 N–H and O–H groups in total. The van der Waals surface area contributed by atoms with Crippen LogP contribution in [0.15, 0.2) is 18.3 Å². The van der Waals surface area contributed by atoms with Crippen LogP contribution in [0.5, 0.6) is 0 Å². The molecule has 2 aromatic heterocycles. The Balaban J connectivity index is 2.60. The van der Waals surface area contributed by atoms with Crippen LogP contribution in [0.3, 0.4) is 0 Å². The van der Waals surface area contributed by atoms with Crippen molar-refractivity contribution in [2.75, 3.05) is 12.8 Å². The predicted molar refractivity (Wildman–Crippen MR) is 66.1 cm³/mol. The zero-order chi connectivity index (χ0) is 12.4. The number of hydrogen-bond acceptors (Lipinski definition) is 6. The maximum absolute atomic E-state index is 11.5. The molecule has 17 heavy (non-hydrogen) atoms. The Morgan fingerprint density at radius 1 is 1.59 bits per heavy atom. The number of halogens is 1. The predicted octanol–water partition coefficient (Wildman–Crippen LogP) is 2.23. The number of aromatic nitrogens is 2. The number of methoxy groups -OCH3 is 1. The number of pyridine rings is 1. The number of thiazole rings is 1. The van der Waals surface area contributed by atoms with E-state index in [9.17, 15) is 4.79 Å². The average molecular weight is 270 g/mol. The van der Waals surface area contributed by atoms with Crippen LogP contribution < -0.4 is 5.73 Å². The Kier molecular flexibility index (Phi) is 3.26. The quantitative estimate of drug-likeness (QED) is 0.668.